The Balaban J connectivity index is 1.68. The van der Waals surface area contributed by atoms with Gasteiger partial charge in [0.15, 0.2) is 0 Å². The van der Waals surface area contributed by atoms with Gasteiger partial charge < -0.3 is 10.8 Å². The van der Waals surface area contributed by atoms with E-state index < -0.39 is 5.97 Å². The second-order valence-electron chi connectivity index (χ2n) is 10.7. The number of carboxylic acids is 1. The van der Waals surface area contributed by atoms with Crippen molar-refractivity contribution < 1.29 is 14.7 Å². The molecule has 6 atom stereocenters. The Morgan fingerprint density at radius 3 is 2.55 bits per heavy atom. The minimum atomic E-state index is -0.774. The number of aliphatic carboxylic acids is 1. The molecule has 0 spiro atoms. The van der Waals surface area contributed by atoms with Gasteiger partial charge in [-0.2, -0.15) is 0 Å². The van der Waals surface area contributed by atoms with Gasteiger partial charge in [0.05, 0.1) is 5.41 Å². The molecule has 29 heavy (non-hydrogen) atoms. The highest BCUT2D eigenvalue weighted by Gasteiger charge is 2.65. The van der Waals surface area contributed by atoms with E-state index >= 15 is 0 Å². The third-order valence-corrected chi connectivity index (χ3v) is 9.84. The van der Waals surface area contributed by atoms with Crippen LogP contribution in [0.25, 0.3) is 0 Å². The standard InChI is InChI=1S/C25H37NO3/c1-4-5-11-25(22(26)29)14-10-20-18-7-6-17-15-16(21(27)28)8-12-23(17,2)19(18)9-13-24(20,25)3/h6,15,18-20H,4-5,7-14H2,1-3H3,(H2,26,29)(H,27,28)/t18-,19+,20+,23+,24+,25-/m1/s1. The zero-order chi connectivity index (χ0) is 21.0. The number of rotatable bonds is 5. The quantitative estimate of drug-likeness (QED) is 0.664. The molecule has 0 aromatic carbocycles. The third kappa shape index (κ3) is 2.77. The van der Waals surface area contributed by atoms with Crippen molar-refractivity contribution in [1.82, 2.24) is 0 Å². The lowest BCUT2D eigenvalue weighted by atomic mass is 9.45. The molecule has 2 saturated carbocycles. The molecule has 0 saturated heterocycles. The van der Waals surface area contributed by atoms with Crippen LogP contribution in [0.1, 0.15) is 85.0 Å². The number of nitrogens with two attached hydrogens (primary N) is 1. The van der Waals surface area contributed by atoms with E-state index in [1.165, 1.54) is 5.57 Å². The summed E-state index contributed by atoms with van der Waals surface area (Å²) in [7, 11) is 0. The summed E-state index contributed by atoms with van der Waals surface area (Å²) in [5.74, 6) is 0.876. The van der Waals surface area contributed by atoms with Gasteiger partial charge in [0.1, 0.15) is 0 Å². The summed E-state index contributed by atoms with van der Waals surface area (Å²) in [6.45, 7) is 6.92. The molecule has 0 aromatic heterocycles. The van der Waals surface area contributed by atoms with Crippen molar-refractivity contribution >= 4 is 11.9 Å². The first-order valence-electron chi connectivity index (χ1n) is 11.6. The van der Waals surface area contributed by atoms with E-state index in [2.05, 4.69) is 26.8 Å². The van der Waals surface area contributed by atoms with Crippen LogP contribution in [-0.4, -0.2) is 17.0 Å². The summed E-state index contributed by atoms with van der Waals surface area (Å²) in [6, 6.07) is 0. The number of hydrogen-bond donors (Lipinski definition) is 2. The first-order chi connectivity index (χ1) is 13.7. The SMILES string of the molecule is CCCC[C@]1(C(N)=O)CC[C@H]2[C@@H]3CC=C4C=C(C(=O)O)CC[C@]4(C)[C@H]3CC[C@@]21C. The van der Waals surface area contributed by atoms with Gasteiger partial charge in [-0.3, -0.25) is 4.79 Å². The lowest BCUT2D eigenvalue weighted by Gasteiger charge is -2.58. The van der Waals surface area contributed by atoms with Gasteiger partial charge in [0.25, 0.3) is 0 Å². The summed E-state index contributed by atoms with van der Waals surface area (Å²) >= 11 is 0. The predicted octanol–water partition coefficient (Wildman–Crippen LogP) is 5.23. The molecule has 4 aliphatic carbocycles. The summed E-state index contributed by atoms with van der Waals surface area (Å²) in [5, 5.41) is 9.44. The van der Waals surface area contributed by atoms with Crippen molar-refractivity contribution in [2.45, 2.75) is 85.0 Å². The molecule has 3 N–H and O–H groups in total. The van der Waals surface area contributed by atoms with E-state index in [0.29, 0.717) is 29.7 Å². The molecule has 4 rings (SSSR count). The van der Waals surface area contributed by atoms with E-state index in [4.69, 9.17) is 5.73 Å². The smallest absolute Gasteiger partial charge is 0.331 e. The average molecular weight is 400 g/mol. The van der Waals surface area contributed by atoms with Gasteiger partial charge in [-0.25, -0.2) is 4.79 Å². The number of carboxylic acid groups (broad SMARTS) is 1. The molecule has 4 heteroatoms. The van der Waals surface area contributed by atoms with Crippen LogP contribution in [0, 0.1) is 34.0 Å². The highest BCUT2D eigenvalue weighted by atomic mass is 16.4. The topological polar surface area (TPSA) is 80.4 Å². The number of fused-ring (bicyclic) bond motifs is 5. The maximum atomic E-state index is 12.8. The van der Waals surface area contributed by atoms with Crippen LogP contribution >= 0.6 is 0 Å². The zero-order valence-electron chi connectivity index (χ0n) is 18.3. The summed E-state index contributed by atoms with van der Waals surface area (Å²) < 4.78 is 0. The fraction of sp³-hybridized carbons (Fsp3) is 0.760. The number of amides is 1. The zero-order valence-corrected chi connectivity index (χ0v) is 18.3. The molecule has 4 aliphatic rings. The summed E-state index contributed by atoms with van der Waals surface area (Å²) in [6.07, 6.45) is 14.3. The number of unbranched alkanes of at least 4 members (excludes halogenated alkanes) is 1. The van der Waals surface area contributed by atoms with Gasteiger partial charge in [-0.15, -0.1) is 0 Å². The second kappa shape index (κ2) is 6.99. The fourth-order valence-electron chi connectivity index (χ4n) is 8.05. The monoisotopic (exact) mass is 399 g/mol. The molecule has 0 heterocycles. The van der Waals surface area contributed by atoms with Crippen LogP contribution in [0.4, 0.5) is 0 Å². The van der Waals surface area contributed by atoms with Crippen LogP contribution in [0.5, 0.6) is 0 Å². The number of allylic oxidation sites excluding steroid dienone is 3. The molecule has 0 aromatic rings. The largest absolute Gasteiger partial charge is 0.478 e. The Labute approximate surface area is 175 Å². The molecule has 1 amide bonds. The molecule has 0 aliphatic heterocycles. The third-order valence-electron chi connectivity index (χ3n) is 9.84. The summed E-state index contributed by atoms with van der Waals surface area (Å²) in [5.41, 5.74) is 7.64. The maximum absolute atomic E-state index is 12.8. The highest BCUT2D eigenvalue weighted by molar-refractivity contribution is 5.87. The molecule has 160 valence electrons. The van der Waals surface area contributed by atoms with Crippen molar-refractivity contribution in [2.75, 3.05) is 0 Å². The first-order valence-corrected chi connectivity index (χ1v) is 11.6. The molecule has 0 radical (unpaired) electrons. The second-order valence-corrected chi connectivity index (χ2v) is 10.7. The van der Waals surface area contributed by atoms with Gasteiger partial charge in [0, 0.05) is 5.57 Å². The molecular weight excluding hydrogens is 362 g/mol. The van der Waals surface area contributed by atoms with Gasteiger partial charge in [0.2, 0.25) is 5.91 Å². The average Bonchev–Trinajstić information content (AvgIpc) is 2.99. The van der Waals surface area contributed by atoms with Crippen LogP contribution in [0.15, 0.2) is 23.3 Å². The Hall–Kier alpha value is -1.58. The first kappa shape index (κ1) is 20.7. The Morgan fingerprint density at radius 1 is 1.17 bits per heavy atom. The van der Waals surface area contributed by atoms with E-state index in [9.17, 15) is 14.7 Å². The predicted molar refractivity (Wildman–Crippen MR) is 114 cm³/mol. The molecule has 0 bridgehead atoms. The van der Waals surface area contributed by atoms with Crippen LogP contribution < -0.4 is 5.73 Å². The Bertz CT molecular complexity index is 783. The Kier molecular flexibility index (Phi) is 4.99. The molecule has 2 fully saturated rings. The van der Waals surface area contributed by atoms with Crippen molar-refractivity contribution in [3.63, 3.8) is 0 Å². The summed E-state index contributed by atoms with van der Waals surface area (Å²) in [4.78, 5) is 24.3. The van der Waals surface area contributed by atoms with Crippen molar-refractivity contribution in [2.24, 2.45) is 39.7 Å². The van der Waals surface area contributed by atoms with Crippen molar-refractivity contribution in [3.05, 3.63) is 23.3 Å². The van der Waals surface area contributed by atoms with Crippen molar-refractivity contribution in [1.29, 1.82) is 0 Å². The van der Waals surface area contributed by atoms with Crippen molar-refractivity contribution in [3.8, 4) is 0 Å². The Morgan fingerprint density at radius 2 is 1.90 bits per heavy atom. The van der Waals surface area contributed by atoms with E-state index in [-0.39, 0.29) is 22.2 Å². The number of hydrogen-bond acceptors (Lipinski definition) is 2. The highest BCUT2D eigenvalue weighted by Crippen LogP contribution is 2.70. The van der Waals surface area contributed by atoms with Gasteiger partial charge in [-0.05, 0) is 91.6 Å². The fourth-order valence-corrected chi connectivity index (χ4v) is 8.05. The van der Waals surface area contributed by atoms with Crippen LogP contribution in [0.2, 0.25) is 0 Å². The van der Waals surface area contributed by atoms with E-state index in [0.717, 1.165) is 57.8 Å². The maximum Gasteiger partial charge on any atom is 0.331 e. The van der Waals surface area contributed by atoms with Gasteiger partial charge in [-0.1, -0.05) is 39.7 Å². The lowest BCUT2D eigenvalue weighted by molar-refractivity contribution is -0.142. The minimum Gasteiger partial charge on any atom is -0.478 e. The molecular formula is C25H37NO3. The van der Waals surface area contributed by atoms with Crippen LogP contribution in [-0.2, 0) is 9.59 Å². The van der Waals surface area contributed by atoms with Gasteiger partial charge >= 0.3 is 5.97 Å². The normalized spacial score (nSPS) is 43.5. The molecule has 4 nitrogen and oxygen atoms in total. The number of primary amides is 1. The minimum absolute atomic E-state index is 0.00754. The lowest BCUT2D eigenvalue weighted by Crippen LogP contribution is -2.55. The van der Waals surface area contributed by atoms with E-state index in [1.54, 1.807) is 0 Å². The van der Waals surface area contributed by atoms with Crippen LogP contribution in [0.3, 0.4) is 0 Å². The molecule has 0 unspecified atom stereocenters. The number of carbonyl (C=O) groups is 2. The van der Waals surface area contributed by atoms with E-state index in [1.807, 2.05) is 6.08 Å². The number of carbonyl (C=O) groups excluding carboxylic acids is 1.